The van der Waals surface area contributed by atoms with Gasteiger partial charge in [-0.05, 0) is 48.2 Å². The minimum absolute atomic E-state index is 0.0695. The number of carbonyl (C=O) groups is 2. The lowest BCUT2D eigenvalue weighted by atomic mass is 10.2. The van der Waals surface area contributed by atoms with Crippen molar-refractivity contribution in [3.63, 3.8) is 0 Å². The number of hydrazone groups is 1. The molecular weight excluding hydrogens is 418 g/mol. The van der Waals surface area contributed by atoms with E-state index in [0.29, 0.717) is 17.2 Å². The number of nitrogens with one attached hydrogen (secondary N) is 3. The van der Waals surface area contributed by atoms with Crippen LogP contribution < -0.4 is 25.5 Å². The Morgan fingerprint density at radius 3 is 2.77 bits per heavy atom. The molecule has 31 heavy (non-hydrogen) atoms. The molecule has 1 atom stereocenters. The van der Waals surface area contributed by atoms with Crippen molar-refractivity contribution in [2.45, 2.75) is 17.4 Å². The standard InChI is InChI=1S/C21H23N5O4S/c1-29-17-8-7-13(9-18(17)30-2)12-22-26-21-24-16(20(28)25-21)11-19(27)23-14-5-4-6-15(10-14)31-3/h4-10,12,16H,11H2,1-3H3,(H,23,27)(H2,24,25,26,28). The van der Waals surface area contributed by atoms with Crippen LogP contribution in [0, 0.1) is 0 Å². The zero-order chi connectivity index (χ0) is 22.2. The van der Waals surface area contributed by atoms with Gasteiger partial charge in [0.1, 0.15) is 6.04 Å². The van der Waals surface area contributed by atoms with E-state index in [0.717, 1.165) is 10.5 Å². The number of nitrogens with zero attached hydrogens (tertiary/aromatic N) is 2. The predicted molar refractivity (Wildman–Crippen MR) is 121 cm³/mol. The highest BCUT2D eigenvalue weighted by atomic mass is 32.2. The van der Waals surface area contributed by atoms with Crippen molar-refractivity contribution in [3.8, 4) is 11.5 Å². The summed E-state index contributed by atoms with van der Waals surface area (Å²) in [6, 6.07) is 12.0. The lowest BCUT2D eigenvalue weighted by Gasteiger charge is -2.07. The number of thioether (sulfide) groups is 1. The Labute approximate surface area is 184 Å². The van der Waals surface area contributed by atoms with Gasteiger partial charge in [-0.1, -0.05) is 6.07 Å². The van der Waals surface area contributed by atoms with E-state index in [1.54, 1.807) is 56.5 Å². The molecule has 0 aromatic heterocycles. The fourth-order valence-corrected chi connectivity index (χ4v) is 3.29. The topological polar surface area (TPSA) is 113 Å². The highest BCUT2D eigenvalue weighted by Gasteiger charge is 2.28. The molecule has 0 spiro atoms. The van der Waals surface area contributed by atoms with E-state index < -0.39 is 6.04 Å². The molecule has 1 aliphatic rings. The fraction of sp³-hybridized carbons (Fsp3) is 0.238. The van der Waals surface area contributed by atoms with Crippen LogP contribution in [0.5, 0.6) is 11.5 Å². The zero-order valence-electron chi connectivity index (χ0n) is 17.3. The molecule has 1 aliphatic heterocycles. The van der Waals surface area contributed by atoms with Crippen molar-refractivity contribution < 1.29 is 19.1 Å². The van der Waals surface area contributed by atoms with Crippen LogP contribution in [0.3, 0.4) is 0 Å². The average molecular weight is 442 g/mol. The second-order valence-corrected chi connectivity index (χ2v) is 7.33. The minimum atomic E-state index is -0.817. The van der Waals surface area contributed by atoms with Gasteiger partial charge in [-0.25, -0.2) is 10.4 Å². The van der Waals surface area contributed by atoms with Gasteiger partial charge >= 0.3 is 0 Å². The van der Waals surface area contributed by atoms with Gasteiger partial charge in [-0.15, -0.1) is 11.8 Å². The number of amides is 2. The van der Waals surface area contributed by atoms with E-state index in [9.17, 15) is 9.59 Å². The normalized spacial score (nSPS) is 15.4. The maximum Gasteiger partial charge on any atom is 0.252 e. The second-order valence-electron chi connectivity index (χ2n) is 6.45. The third kappa shape index (κ3) is 5.98. The van der Waals surface area contributed by atoms with Crippen LogP contribution in [-0.2, 0) is 9.59 Å². The first-order valence-corrected chi connectivity index (χ1v) is 10.6. The van der Waals surface area contributed by atoms with Crippen molar-refractivity contribution >= 4 is 41.4 Å². The molecule has 2 aromatic rings. The number of benzene rings is 2. The molecule has 10 heteroatoms. The summed E-state index contributed by atoms with van der Waals surface area (Å²) in [6.07, 6.45) is 3.44. The van der Waals surface area contributed by atoms with Gasteiger partial charge in [-0.2, -0.15) is 5.10 Å². The molecule has 3 rings (SSSR count). The van der Waals surface area contributed by atoms with E-state index >= 15 is 0 Å². The summed E-state index contributed by atoms with van der Waals surface area (Å²) >= 11 is 1.58. The van der Waals surface area contributed by atoms with Gasteiger partial charge in [0.25, 0.3) is 5.91 Å². The van der Waals surface area contributed by atoms with E-state index in [-0.39, 0.29) is 24.2 Å². The summed E-state index contributed by atoms with van der Waals surface area (Å²) in [5, 5.41) is 9.44. The first-order chi connectivity index (χ1) is 15.0. The second kappa shape index (κ2) is 10.5. The molecular formula is C21H23N5O4S. The Morgan fingerprint density at radius 1 is 1.23 bits per heavy atom. The summed E-state index contributed by atoms with van der Waals surface area (Å²) in [6.45, 7) is 0. The van der Waals surface area contributed by atoms with Crippen molar-refractivity contribution in [3.05, 3.63) is 48.0 Å². The summed E-state index contributed by atoms with van der Waals surface area (Å²) in [5.74, 6) is 0.714. The molecule has 9 nitrogen and oxygen atoms in total. The van der Waals surface area contributed by atoms with E-state index in [1.165, 1.54) is 0 Å². The molecule has 2 aromatic carbocycles. The SMILES string of the molecule is COc1ccc(C=NNC2=NC(CC(=O)Nc3cccc(SC)c3)C(=O)N2)cc1OC. The van der Waals surface area contributed by atoms with Gasteiger partial charge in [0.05, 0.1) is 26.9 Å². The third-order valence-corrected chi connectivity index (χ3v) is 5.08. The van der Waals surface area contributed by atoms with Gasteiger partial charge in [-0.3, -0.25) is 14.9 Å². The highest BCUT2D eigenvalue weighted by molar-refractivity contribution is 7.98. The lowest BCUT2D eigenvalue weighted by molar-refractivity contribution is -0.123. The summed E-state index contributed by atoms with van der Waals surface area (Å²) in [4.78, 5) is 29.7. The summed E-state index contributed by atoms with van der Waals surface area (Å²) in [7, 11) is 3.11. The number of hydrogen-bond acceptors (Lipinski definition) is 8. The lowest BCUT2D eigenvalue weighted by Crippen LogP contribution is -2.35. The van der Waals surface area contributed by atoms with Crippen LogP contribution in [0.4, 0.5) is 5.69 Å². The summed E-state index contributed by atoms with van der Waals surface area (Å²) in [5.41, 5.74) is 4.12. The number of methoxy groups -OCH3 is 2. The monoisotopic (exact) mass is 441 g/mol. The van der Waals surface area contributed by atoms with Crippen LogP contribution in [-0.4, -0.2) is 50.5 Å². The van der Waals surface area contributed by atoms with Crippen LogP contribution in [0.1, 0.15) is 12.0 Å². The van der Waals surface area contributed by atoms with Gasteiger partial charge in [0.15, 0.2) is 11.5 Å². The van der Waals surface area contributed by atoms with Crippen molar-refractivity contribution in [2.24, 2.45) is 10.1 Å². The molecule has 162 valence electrons. The minimum Gasteiger partial charge on any atom is -0.493 e. The first kappa shape index (κ1) is 22.2. The van der Waals surface area contributed by atoms with Crippen LogP contribution in [0.15, 0.2) is 57.5 Å². The zero-order valence-corrected chi connectivity index (χ0v) is 18.2. The van der Waals surface area contributed by atoms with Crippen molar-refractivity contribution in [1.82, 2.24) is 10.7 Å². The molecule has 0 radical (unpaired) electrons. The Balaban J connectivity index is 1.56. The summed E-state index contributed by atoms with van der Waals surface area (Å²) < 4.78 is 10.4. The number of guanidine groups is 1. The van der Waals surface area contributed by atoms with E-state index in [4.69, 9.17) is 9.47 Å². The Bertz CT molecular complexity index is 1020. The van der Waals surface area contributed by atoms with Gasteiger partial charge in [0, 0.05) is 10.6 Å². The fourth-order valence-electron chi connectivity index (χ4n) is 2.83. The smallest absolute Gasteiger partial charge is 0.252 e. The maximum atomic E-state index is 12.3. The Hall–Kier alpha value is -3.53. The number of ether oxygens (including phenoxy) is 2. The molecule has 1 unspecified atom stereocenters. The Morgan fingerprint density at radius 2 is 2.03 bits per heavy atom. The third-order valence-electron chi connectivity index (χ3n) is 4.35. The molecule has 0 aliphatic carbocycles. The average Bonchev–Trinajstić information content (AvgIpc) is 3.12. The molecule has 0 fully saturated rings. The van der Waals surface area contributed by atoms with Crippen LogP contribution in [0.2, 0.25) is 0 Å². The van der Waals surface area contributed by atoms with E-state index in [2.05, 4.69) is 26.2 Å². The number of anilines is 1. The molecule has 3 N–H and O–H groups in total. The molecule has 2 amide bonds. The molecule has 1 heterocycles. The quantitative estimate of drug-likeness (QED) is 0.329. The number of aliphatic imine (C=N–C) groups is 1. The number of carbonyl (C=O) groups excluding carboxylic acids is 2. The molecule has 0 saturated carbocycles. The number of hydrogen-bond donors (Lipinski definition) is 3. The maximum absolute atomic E-state index is 12.3. The van der Waals surface area contributed by atoms with Gasteiger partial charge in [0.2, 0.25) is 11.9 Å². The molecule has 0 saturated heterocycles. The largest absolute Gasteiger partial charge is 0.493 e. The van der Waals surface area contributed by atoms with Crippen LogP contribution >= 0.6 is 11.8 Å². The predicted octanol–water partition coefficient (Wildman–Crippen LogP) is 2.23. The number of rotatable bonds is 8. The first-order valence-electron chi connectivity index (χ1n) is 9.36. The van der Waals surface area contributed by atoms with Crippen molar-refractivity contribution in [2.75, 3.05) is 25.8 Å². The van der Waals surface area contributed by atoms with Crippen molar-refractivity contribution in [1.29, 1.82) is 0 Å². The molecule has 0 bridgehead atoms. The van der Waals surface area contributed by atoms with E-state index in [1.807, 2.05) is 24.5 Å². The Kier molecular flexibility index (Phi) is 7.50. The van der Waals surface area contributed by atoms with Gasteiger partial charge < -0.3 is 14.8 Å². The van der Waals surface area contributed by atoms with Crippen LogP contribution in [0.25, 0.3) is 0 Å². The highest BCUT2D eigenvalue weighted by Crippen LogP contribution is 2.26.